The number of fused-ring (bicyclic) bond motifs is 1. The summed E-state index contributed by atoms with van der Waals surface area (Å²) < 4.78 is 6.98. The fraction of sp³-hybridized carbons (Fsp3) is 0.606. The normalized spacial score (nSPS) is 30.7. The highest BCUT2D eigenvalue weighted by molar-refractivity contribution is 6.03. The minimum absolute atomic E-state index is 0.0927. The van der Waals surface area contributed by atoms with Gasteiger partial charge in [-0.2, -0.15) is 0 Å². The molecule has 3 saturated heterocycles. The SMILES string of the molecule is C=CCN(C(=O)[C@H]1[C@H]2C(=O)N(CCCO)C(C(=O)N(CC=C)C3CCCCC3)C23CC[C@]1(CC)O3)c1ccccc1. The molecule has 8 nitrogen and oxygen atoms in total. The van der Waals surface area contributed by atoms with Crippen LogP contribution >= 0.6 is 0 Å². The van der Waals surface area contributed by atoms with Crippen LogP contribution in [0.15, 0.2) is 55.6 Å². The first-order chi connectivity index (χ1) is 19.9. The Kier molecular flexibility index (Phi) is 8.71. The largest absolute Gasteiger partial charge is 0.396 e. The van der Waals surface area contributed by atoms with Crippen molar-refractivity contribution in [2.45, 2.75) is 88.0 Å². The number of carbonyl (C=O) groups excluding carboxylic acids is 3. The van der Waals surface area contributed by atoms with Crippen LogP contribution < -0.4 is 4.90 Å². The van der Waals surface area contributed by atoms with Gasteiger partial charge in [0.15, 0.2) is 0 Å². The second-order valence-corrected chi connectivity index (χ2v) is 12.1. The number of hydrogen-bond donors (Lipinski definition) is 1. The molecule has 5 rings (SSSR count). The minimum Gasteiger partial charge on any atom is -0.396 e. The van der Waals surface area contributed by atoms with Gasteiger partial charge in [-0.15, -0.1) is 13.2 Å². The van der Waals surface area contributed by atoms with Gasteiger partial charge >= 0.3 is 0 Å². The summed E-state index contributed by atoms with van der Waals surface area (Å²) in [6.07, 6.45) is 10.7. The van der Waals surface area contributed by atoms with E-state index in [0.717, 1.165) is 37.8 Å². The molecule has 8 heteroatoms. The highest BCUT2D eigenvalue weighted by Gasteiger charge is 2.79. The predicted molar refractivity (Wildman–Crippen MR) is 158 cm³/mol. The molecule has 0 radical (unpaired) electrons. The number of benzene rings is 1. The van der Waals surface area contributed by atoms with Crippen LogP contribution in [0.5, 0.6) is 0 Å². The van der Waals surface area contributed by atoms with Crippen LogP contribution in [0.3, 0.4) is 0 Å². The van der Waals surface area contributed by atoms with Crippen molar-refractivity contribution in [1.82, 2.24) is 9.80 Å². The Morgan fingerprint density at radius 3 is 2.41 bits per heavy atom. The molecule has 1 aromatic carbocycles. The van der Waals surface area contributed by atoms with Gasteiger partial charge in [-0.3, -0.25) is 14.4 Å². The van der Waals surface area contributed by atoms with Gasteiger partial charge in [0.05, 0.1) is 17.4 Å². The van der Waals surface area contributed by atoms with E-state index in [1.807, 2.05) is 42.2 Å². The van der Waals surface area contributed by atoms with Gasteiger partial charge in [0.25, 0.3) is 0 Å². The lowest BCUT2D eigenvalue weighted by atomic mass is 9.64. The summed E-state index contributed by atoms with van der Waals surface area (Å²) >= 11 is 0. The van der Waals surface area contributed by atoms with E-state index in [4.69, 9.17) is 4.74 Å². The van der Waals surface area contributed by atoms with Crippen molar-refractivity contribution < 1.29 is 24.2 Å². The Hall–Kier alpha value is -2.97. The lowest BCUT2D eigenvalue weighted by molar-refractivity contribution is -0.154. The Morgan fingerprint density at radius 1 is 1.07 bits per heavy atom. The third-order valence-corrected chi connectivity index (χ3v) is 10.0. The van der Waals surface area contributed by atoms with Crippen LogP contribution in [-0.4, -0.2) is 82.2 Å². The number of aliphatic hydroxyl groups excluding tert-OH is 1. The summed E-state index contributed by atoms with van der Waals surface area (Å²) in [5.41, 5.74) is -1.16. The second-order valence-electron chi connectivity index (χ2n) is 12.1. The van der Waals surface area contributed by atoms with E-state index in [1.54, 1.807) is 22.0 Å². The van der Waals surface area contributed by atoms with Gasteiger partial charge in [-0.1, -0.05) is 56.5 Å². The van der Waals surface area contributed by atoms with Crippen LogP contribution in [0.1, 0.15) is 64.7 Å². The zero-order chi connectivity index (χ0) is 29.2. The van der Waals surface area contributed by atoms with Crippen LogP contribution in [0.4, 0.5) is 5.69 Å². The smallest absolute Gasteiger partial charge is 0.248 e. The third kappa shape index (κ3) is 4.83. The van der Waals surface area contributed by atoms with Gasteiger partial charge in [0.1, 0.15) is 11.6 Å². The molecule has 4 fully saturated rings. The van der Waals surface area contributed by atoms with E-state index in [0.29, 0.717) is 38.8 Å². The summed E-state index contributed by atoms with van der Waals surface area (Å²) in [4.78, 5) is 48.8. The molecular formula is C33H45N3O5. The minimum atomic E-state index is -1.08. The van der Waals surface area contributed by atoms with Crippen molar-refractivity contribution in [3.63, 3.8) is 0 Å². The second kappa shape index (κ2) is 12.1. The van der Waals surface area contributed by atoms with Crippen LogP contribution in [0, 0.1) is 11.8 Å². The number of hydrogen-bond acceptors (Lipinski definition) is 5. The number of ether oxygens (including phenoxy) is 1. The molecule has 3 heterocycles. The predicted octanol–water partition coefficient (Wildman–Crippen LogP) is 4.09. The first-order valence-electron chi connectivity index (χ1n) is 15.4. The average Bonchev–Trinajstić information content (AvgIpc) is 3.61. The molecule has 3 amide bonds. The molecule has 3 aliphatic heterocycles. The Bertz CT molecular complexity index is 1150. The monoisotopic (exact) mass is 563 g/mol. The third-order valence-electron chi connectivity index (χ3n) is 10.0. The number of anilines is 1. The van der Waals surface area contributed by atoms with E-state index in [2.05, 4.69) is 13.2 Å². The summed E-state index contributed by atoms with van der Waals surface area (Å²) in [6, 6.07) is 8.72. The topological polar surface area (TPSA) is 90.4 Å². The molecule has 2 unspecified atom stereocenters. The molecule has 2 bridgehead atoms. The first kappa shape index (κ1) is 29.5. The van der Waals surface area contributed by atoms with Gasteiger partial charge in [-0.05, 0) is 50.7 Å². The van der Waals surface area contributed by atoms with Gasteiger partial charge < -0.3 is 24.5 Å². The number of rotatable bonds is 12. The van der Waals surface area contributed by atoms with E-state index >= 15 is 0 Å². The average molecular weight is 564 g/mol. The molecule has 4 aliphatic rings. The highest BCUT2D eigenvalue weighted by Crippen LogP contribution is 2.64. The number of amides is 3. The van der Waals surface area contributed by atoms with Crippen molar-refractivity contribution in [2.75, 3.05) is 31.1 Å². The quantitative estimate of drug-likeness (QED) is 0.387. The summed E-state index contributed by atoms with van der Waals surface area (Å²) in [6.45, 7) is 10.7. The van der Waals surface area contributed by atoms with E-state index in [1.165, 1.54) is 0 Å². The van der Waals surface area contributed by atoms with Crippen molar-refractivity contribution >= 4 is 23.4 Å². The molecule has 1 spiro atoms. The van der Waals surface area contributed by atoms with Crippen LogP contribution in [0.2, 0.25) is 0 Å². The number of para-hydroxylation sites is 1. The Labute approximate surface area is 244 Å². The molecule has 1 saturated carbocycles. The molecule has 5 atom stereocenters. The summed E-state index contributed by atoms with van der Waals surface area (Å²) in [5, 5.41) is 9.70. The highest BCUT2D eigenvalue weighted by atomic mass is 16.5. The molecular weight excluding hydrogens is 518 g/mol. The summed E-state index contributed by atoms with van der Waals surface area (Å²) in [5.74, 6) is -1.96. The number of likely N-dealkylation sites (tertiary alicyclic amines) is 1. The maximum absolute atomic E-state index is 14.6. The molecule has 1 aliphatic carbocycles. The van der Waals surface area contributed by atoms with Crippen molar-refractivity contribution in [3.05, 3.63) is 55.6 Å². The molecule has 0 aromatic heterocycles. The molecule has 1 N–H and O–H groups in total. The van der Waals surface area contributed by atoms with Crippen molar-refractivity contribution in [2.24, 2.45) is 11.8 Å². The lowest BCUT2D eigenvalue weighted by Crippen LogP contribution is -2.58. The summed E-state index contributed by atoms with van der Waals surface area (Å²) in [7, 11) is 0. The Morgan fingerprint density at radius 2 is 1.78 bits per heavy atom. The zero-order valence-electron chi connectivity index (χ0n) is 24.4. The van der Waals surface area contributed by atoms with Crippen LogP contribution in [0.25, 0.3) is 0 Å². The van der Waals surface area contributed by atoms with E-state index < -0.39 is 29.1 Å². The molecule has 222 valence electrons. The standard InChI is InChI=1S/C33H45N3O5/c1-4-20-34(24-14-9-7-10-15-24)29(38)26-27-30(39)36(22-13-23-37)28(33(27)19-18-32(26,6-3)41-33)31(40)35(21-5-2)25-16-11-8-12-17-25/h4-5,7,9-10,14-15,25-28,37H,1-2,6,8,11-13,16-23H2,3H3/t26-,27+,28?,32+,33?/m1/s1. The molecule has 41 heavy (non-hydrogen) atoms. The van der Waals surface area contributed by atoms with Crippen molar-refractivity contribution in [3.8, 4) is 0 Å². The Balaban J connectivity index is 1.57. The number of nitrogens with zero attached hydrogens (tertiary/aromatic N) is 3. The van der Waals surface area contributed by atoms with Crippen molar-refractivity contribution in [1.29, 1.82) is 0 Å². The fourth-order valence-corrected chi connectivity index (χ4v) is 8.19. The van der Waals surface area contributed by atoms with Gasteiger partial charge in [-0.25, -0.2) is 0 Å². The number of carbonyl (C=O) groups is 3. The van der Waals surface area contributed by atoms with Gasteiger partial charge in [0, 0.05) is 38.0 Å². The fourth-order valence-electron chi connectivity index (χ4n) is 8.19. The zero-order valence-corrected chi connectivity index (χ0v) is 24.4. The maximum Gasteiger partial charge on any atom is 0.248 e. The maximum atomic E-state index is 14.6. The molecule has 1 aromatic rings. The lowest BCUT2D eigenvalue weighted by Gasteiger charge is -2.40. The number of aliphatic hydroxyl groups is 1. The van der Waals surface area contributed by atoms with E-state index in [-0.39, 0.29) is 36.9 Å². The first-order valence-corrected chi connectivity index (χ1v) is 15.4. The van der Waals surface area contributed by atoms with Crippen LogP contribution in [-0.2, 0) is 19.1 Å². The van der Waals surface area contributed by atoms with Gasteiger partial charge in [0.2, 0.25) is 17.7 Å². The van der Waals surface area contributed by atoms with E-state index in [9.17, 15) is 19.5 Å².